The molecule has 2 spiro atoms. The highest BCUT2D eigenvalue weighted by Gasteiger charge is 2.59. The largest absolute Gasteiger partial charge is 0.507 e. The van der Waals surface area contributed by atoms with Crippen LogP contribution in [0.4, 0.5) is 0 Å². The molecule has 0 aliphatic carbocycles. The summed E-state index contributed by atoms with van der Waals surface area (Å²) in [5.41, 5.74) is 7.18. The van der Waals surface area contributed by atoms with Crippen LogP contribution in [-0.4, -0.2) is 62.7 Å². The lowest BCUT2D eigenvalue weighted by Crippen LogP contribution is -2.34. The number of fused-ring (bicyclic) bond motifs is 6. The summed E-state index contributed by atoms with van der Waals surface area (Å²) in [6.07, 6.45) is 26.7. The Morgan fingerprint density at radius 2 is 0.683 bits per heavy atom. The normalized spacial score (nSPS) is 16.8. The van der Waals surface area contributed by atoms with E-state index in [9.17, 15) is 10.2 Å². The molecule has 0 saturated carbocycles. The van der Waals surface area contributed by atoms with Gasteiger partial charge in [-0.2, -0.15) is 0 Å². The molecule has 4 aliphatic rings. The van der Waals surface area contributed by atoms with Crippen LogP contribution in [0.15, 0.2) is 201 Å². The predicted octanol–water partition coefficient (Wildman–Crippen LogP) is 23.5. The molecule has 0 amide bonds. The molecule has 10 heterocycles. The van der Waals surface area contributed by atoms with Crippen LogP contribution < -0.4 is 18.7 Å². The second-order valence-corrected chi connectivity index (χ2v) is 42.0. The molecule has 2 N–H and O–H groups in total. The Bertz CT molecular complexity index is 4390. The smallest absolute Gasteiger partial charge is 0.317 e. The van der Waals surface area contributed by atoms with Gasteiger partial charge in [0.25, 0.3) is 0 Å². The molecule has 4 aliphatic heterocycles. The second kappa shape index (κ2) is 28.0. The SMILES string of the molecule is C=C(/C=C(\C1=C(OP(n2cccc2)n2cccc2)C2(CO1)COc1c(C(C)(C)C)cc(C(C)(C)C)c(OP(n3cccc3)n3cccc3)c12)C(C)(C)C)C(C)(C)C.CC(C)(C)c1cc(C(C)(C)C)c2c(c1O)C1(CO2)COc2c(C(C)(C)C)cc(C(C)(C)C)c(O)c21.ClP(n1cccc1)n1cccc1. The number of hydrogen-bond donors (Lipinski definition) is 2. The highest BCUT2D eigenvalue weighted by atomic mass is 35.7. The van der Waals surface area contributed by atoms with Crippen molar-refractivity contribution < 1.29 is 38.2 Å². The van der Waals surface area contributed by atoms with E-state index in [0.717, 1.165) is 95.7 Å². The fourth-order valence-corrected chi connectivity index (χ4v) is 18.6. The van der Waals surface area contributed by atoms with Crippen molar-refractivity contribution in [3.63, 3.8) is 0 Å². The molecule has 0 radical (unpaired) electrons. The van der Waals surface area contributed by atoms with Crippen LogP contribution in [0, 0.1) is 10.8 Å². The summed E-state index contributed by atoms with van der Waals surface area (Å²) in [7, 11) is -3.64. The number of nitrogens with zero attached hydrogens (tertiary/aromatic N) is 6. The molecule has 556 valence electrons. The molecule has 104 heavy (non-hydrogen) atoms. The van der Waals surface area contributed by atoms with Gasteiger partial charge in [-0.3, -0.25) is 17.4 Å². The molecule has 1 atom stereocenters. The van der Waals surface area contributed by atoms with Crippen molar-refractivity contribution in [1.29, 1.82) is 0 Å². The van der Waals surface area contributed by atoms with Crippen molar-refractivity contribution in [2.75, 3.05) is 26.4 Å². The lowest BCUT2D eigenvalue weighted by atomic mass is 9.69. The van der Waals surface area contributed by atoms with Crippen molar-refractivity contribution in [1.82, 2.24) is 26.0 Å². The third-order valence-corrected chi connectivity index (χ3v) is 25.6. The Labute approximate surface area is 628 Å². The van der Waals surface area contributed by atoms with Crippen molar-refractivity contribution in [2.45, 2.75) is 209 Å². The van der Waals surface area contributed by atoms with Gasteiger partial charge in [0.15, 0.2) is 11.5 Å². The van der Waals surface area contributed by atoms with Gasteiger partial charge in [0.2, 0.25) is 7.58 Å². The maximum atomic E-state index is 11.8. The number of phenols is 2. The molecule has 0 bridgehead atoms. The van der Waals surface area contributed by atoms with Gasteiger partial charge in [-0.15, -0.1) is 0 Å². The summed E-state index contributed by atoms with van der Waals surface area (Å²) < 4.78 is 55.0. The van der Waals surface area contributed by atoms with Crippen LogP contribution in [0.25, 0.3) is 0 Å². The molecule has 14 nitrogen and oxygen atoms in total. The maximum absolute atomic E-state index is 11.8. The molecule has 13 rings (SSSR count). The zero-order chi connectivity index (χ0) is 76.0. The van der Waals surface area contributed by atoms with Crippen molar-refractivity contribution in [3.8, 4) is 34.5 Å². The van der Waals surface area contributed by atoms with Gasteiger partial charge in [-0.25, -0.2) is 0 Å². The first-order valence-electron chi connectivity index (χ1n) is 36.2. The third-order valence-electron chi connectivity index (χ3n) is 19.9. The number of phenolic OH excluding ortho intramolecular Hbond substituents is 2. The van der Waals surface area contributed by atoms with Crippen LogP contribution in [0.1, 0.15) is 216 Å². The van der Waals surface area contributed by atoms with Crippen molar-refractivity contribution in [2.24, 2.45) is 10.8 Å². The second-order valence-electron chi connectivity index (χ2n) is 36.4. The lowest BCUT2D eigenvalue weighted by molar-refractivity contribution is 0.171. The molecular formula is C86H112ClN6O8P3. The van der Waals surface area contributed by atoms with Gasteiger partial charge in [-0.1, -0.05) is 179 Å². The number of hydrogen-bond acceptors (Lipinski definition) is 8. The van der Waals surface area contributed by atoms with E-state index >= 15 is 0 Å². The van der Waals surface area contributed by atoms with Gasteiger partial charge in [-0.05, 0) is 151 Å². The van der Waals surface area contributed by atoms with E-state index < -0.39 is 35.3 Å². The Hall–Kier alpha value is -7.46. The van der Waals surface area contributed by atoms with E-state index in [1.807, 2.05) is 106 Å². The Morgan fingerprint density at radius 1 is 0.394 bits per heavy atom. The number of aromatic nitrogens is 6. The van der Waals surface area contributed by atoms with Crippen molar-refractivity contribution in [3.05, 3.63) is 251 Å². The summed E-state index contributed by atoms with van der Waals surface area (Å²) in [6.45, 7) is 58.5. The number of aromatic hydroxyl groups is 2. The summed E-state index contributed by atoms with van der Waals surface area (Å²) in [6, 6.07) is 30.8. The predicted molar refractivity (Wildman–Crippen MR) is 430 cm³/mol. The Balaban J connectivity index is 0.000000193. The van der Waals surface area contributed by atoms with Crippen LogP contribution in [0.3, 0.4) is 0 Å². The molecule has 0 fully saturated rings. The molecule has 1 unspecified atom stereocenters. The van der Waals surface area contributed by atoms with E-state index in [0.29, 0.717) is 26.4 Å². The summed E-state index contributed by atoms with van der Waals surface area (Å²) >= 11 is 6.21. The highest BCUT2D eigenvalue weighted by molar-refractivity contribution is 7.81. The molecule has 9 aromatic rings. The number of ether oxygens (including phenoxy) is 4. The van der Waals surface area contributed by atoms with Crippen LogP contribution >= 0.6 is 35.7 Å². The van der Waals surface area contributed by atoms with Gasteiger partial charge in [0.05, 0.1) is 16.7 Å². The molecular weight excluding hydrogens is 1370 g/mol. The minimum absolute atomic E-state index is 0.154. The average molecular weight is 1490 g/mol. The lowest BCUT2D eigenvalue weighted by Gasteiger charge is -2.34. The van der Waals surface area contributed by atoms with Gasteiger partial charge in [0, 0.05) is 113 Å². The molecule has 0 saturated heterocycles. The minimum atomic E-state index is -1.45. The Kier molecular flexibility index (Phi) is 20.9. The highest BCUT2D eigenvalue weighted by Crippen LogP contribution is 2.65. The third kappa shape index (κ3) is 15.0. The quantitative estimate of drug-likeness (QED) is 0.0915. The zero-order valence-electron chi connectivity index (χ0n) is 65.9. The van der Waals surface area contributed by atoms with Crippen molar-refractivity contribution >= 4 is 35.7 Å². The molecule has 3 aromatic carbocycles. The maximum Gasteiger partial charge on any atom is 0.317 e. The van der Waals surface area contributed by atoms with Crippen LogP contribution in [0.5, 0.6) is 34.5 Å². The van der Waals surface area contributed by atoms with Crippen LogP contribution in [-0.2, 0) is 52.6 Å². The van der Waals surface area contributed by atoms with E-state index in [-0.39, 0.29) is 54.8 Å². The number of halogens is 1. The average Bonchev–Trinajstić information content (AvgIpc) is 1.53. The Morgan fingerprint density at radius 3 is 1.00 bits per heavy atom. The number of benzene rings is 3. The van der Waals surface area contributed by atoms with E-state index in [2.05, 4.69) is 264 Å². The summed E-state index contributed by atoms with van der Waals surface area (Å²) in [5, 5.41) is 23.6. The molecule has 6 aromatic heterocycles. The molecule has 18 heteroatoms. The first-order valence-corrected chi connectivity index (χ1v) is 40.7. The zero-order valence-corrected chi connectivity index (χ0v) is 69.4. The van der Waals surface area contributed by atoms with E-state index in [4.69, 9.17) is 39.2 Å². The first-order chi connectivity index (χ1) is 48.3. The van der Waals surface area contributed by atoms with Gasteiger partial charge in [0.1, 0.15) is 71.8 Å². The first kappa shape index (κ1) is 77.6. The summed E-state index contributed by atoms with van der Waals surface area (Å²) in [4.78, 5) is 0. The fourth-order valence-electron chi connectivity index (χ4n) is 13.8. The number of allylic oxidation sites excluding steroid dienone is 3. The standard InChI is InChI=1S/C47H60N4O4P2.C31H44O4.C8H8ClN2P/c1-34(43(2,3)4)30-35(44(5,6)7)41-42(55-57(50-26-18-19-27-50)51-28-20-21-29-51)47(33-53-41)32-52-39-36(45(8,9)10)31-37(46(11,12)13)40(38(39)47)54-56(48-22-14-15-23-48)49-24-16-17-25-49;1-27(2,3)17-13-19(29(7,8)9)25-21(23(17)32)31(15-34-25)16-35-26-20(30(10,11)12)14-18(28(4,5)6)24(33)22(26)31;9-12(10-5-1-2-6-10)11-7-3-4-8-11/h14-31H,1,32-33H2,2-13H3;13-14,32-33H,15-16H2,1-12H3;1-8H/b35-30+;;. The van der Waals surface area contributed by atoms with Crippen LogP contribution in [0.2, 0.25) is 0 Å². The van der Waals surface area contributed by atoms with E-state index in [1.165, 1.54) is 0 Å². The fraction of sp³-hybridized carbons (Fsp3) is 0.442. The monoisotopic (exact) mass is 1480 g/mol. The topological polar surface area (TPSA) is 125 Å². The summed E-state index contributed by atoms with van der Waals surface area (Å²) in [5.74, 6) is 5.12. The number of rotatable bonds is 12. The minimum Gasteiger partial charge on any atom is -0.507 e. The van der Waals surface area contributed by atoms with Gasteiger partial charge >= 0.3 is 16.9 Å². The van der Waals surface area contributed by atoms with E-state index in [1.54, 1.807) is 0 Å². The van der Waals surface area contributed by atoms with Gasteiger partial charge < -0.3 is 46.9 Å².